The van der Waals surface area contributed by atoms with Gasteiger partial charge in [-0.3, -0.25) is 14.9 Å². The smallest absolute Gasteiger partial charge is 0.341 e. The Morgan fingerprint density at radius 2 is 1.67 bits per heavy atom. The molecule has 2 aromatic carbocycles. The lowest BCUT2D eigenvalue weighted by molar-refractivity contribution is -0.384. The normalized spacial score (nSPS) is 10.4. The van der Waals surface area contributed by atoms with E-state index in [4.69, 9.17) is 9.47 Å². The second-order valence-corrected chi connectivity index (χ2v) is 7.75. The number of non-ortho nitro benzene ring substituents is 1. The Balaban J connectivity index is 1.72. The summed E-state index contributed by atoms with van der Waals surface area (Å²) in [7, 11) is 0. The minimum absolute atomic E-state index is 0.0680. The van der Waals surface area contributed by atoms with E-state index in [2.05, 4.69) is 5.32 Å². The summed E-state index contributed by atoms with van der Waals surface area (Å²) < 4.78 is 10.1. The number of hydrogen-bond acceptors (Lipinski definition) is 8. The molecule has 0 saturated carbocycles. The van der Waals surface area contributed by atoms with E-state index < -0.39 is 29.4 Å². The standard InChI is InChI=1S/C23H20N2O7S/c1-3-31-23(28)20-18(15-6-4-14(2)5-7-15)13-33-21(20)24-19(26)12-32-22(27)16-8-10-17(11-9-16)25(29)30/h4-11,13H,3,12H2,1-2H3,(H,24,26). The maximum absolute atomic E-state index is 12.6. The second-order valence-electron chi connectivity index (χ2n) is 6.87. The predicted octanol–water partition coefficient (Wildman–Crippen LogP) is 4.60. The van der Waals surface area contributed by atoms with E-state index in [-0.39, 0.29) is 28.4 Å². The number of nitrogens with zero attached hydrogens (tertiary/aromatic N) is 1. The van der Waals surface area contributed by atoms with E-state index >= 15 is 0 Å². The van der Waals surface area contributed by atoms with Gasteiger partial charge in [0, 0.05) is 23.1 Å². The Hall–Kier alpha value is -4.05. The molecule has 0 aliphatic rings. The summed E-state index contributed by atoms with van der Waals surface area (Å²) in [5, 5.41) is 15.3. The van der Waals surface area contributed by atoms with Crippen LogP contribution in [0.5, 0.6) is 0 Å². The zero-order valence-corrected chi connectivity index (χ0v) is 18.6. The fourth-order valence-corrected chi connectivity index (χ4v) is 3.87. The van der Waals surface area contributed by atoms with Crippen molar-refractivity contribution in [2.75, 3.05) is 18.5 Å². The van der Waals surface area contributed by atoms with Crippen LogP contribution in [0, 0.1) is 17.0 Å². The van der Waals surface area contributed by atoms with Gasteiger partial charge in [-0.1, -0.05) is 29.8 Å². The number of rotatable bonds is 8. The number of hydrogen-bond donors (Lipinski definition) is 1. The van der Waals surface area contributed by atoms with Gasteiger partial charge in [0.2, 0.25) is 0 Å². The van der Waals surface area contributed by atoms with Gasteiger partial charge in [0.05, 0.1) is 17.1 Å². The monoisotopic (exact) mass is 468 g/mol. The van der Waals surface area contributed by atoms with Crippen molar-refractivity contribution in [2.24, 2.45) is 0 Å². The van der Waals surface area contributed by atoms with E-state index in [1.54, 1.807) is 12.3 Å². The zero-order chi connectivity index (χ0) is 24.0. The Labute approximate surface area is 193 Å². The zero-order valence-electron chi connectivity index (χ0n) is 17.8. The third-order valence-corrected chi connectivity index (χ3v) is 5.43. The van der Waals surface area contributed by atoms with Gasteiger partial charge in [0.25, 0.3) is 11.6 Å². The van der Waals surface area contributed by atoms with Crippen molar-refractivity contribution in [2.45, 2.75) is 13.8 Å². The van der Waals surface area contributed by atoms with Gasteiger partial charge >= 0.3 is 11.9 Å². The van der Waals surface area contributed by atoms with E-state index in [1.807, 2.05) is 31.2 Å². The highest BCUT2D eigenvalue weighted by Gasteiger charge is 2.23. The first-order chi connectivity index (χ1) is 15.8. The molecule has 1 N–H and O–H groups in total. The molecule has 0 saturated heterocycles. The van der Waals surface area contributed by atoms with E-state index in [0.717, 1.165) is 22.5 Å². The van der Waals surface area contributed by atoms with Gasteiger partial charge in [0.1, 0.15) is 10.6 Å². The van der Waals surface area contributed by atoms with Crippen molar-refractivity contribution in [3.63, 3.8) is 0 Å². The van der Waals surface area contributed by atoms with Crippen molar-refractivity contribution in [1.82, 2.24) is 0 Å². The number of aryl methyl sites for hydroxylation is 1. The van der Waals surface area contributed by atoms with Crippen LogP contribution in [-0.2, 0) is 14.3 Å². The molecule has 10 heteroatoms. The molecule has 0 radical (unpaired) electrons. The van der Waals surface area contributed by atoms with Crippen LogP contribution < -0.4 is 5.32 Å². The molecule has 170 valence electrons. The maximum atomic E-state index is 12.6. The van der Waals surface area contributed by atoms with Crippen molar-refractivity contribution in [3.8, 4) is 11.1 Å². The summed E-state index contributed by atoms with van der Waals surface area (Å²) in [6, 6.07) is 12.4. The predicted molar refractivity (Wildman–Crippen MR) is 122 cm³/mol. The van der Waals surface area contributed by atoms with Gasteiger partial charge < -0.3 is 14.8 Å². The average Bonchev–Trinajstić information content (AvgIpc) is 3.21. The second kappa shape index (κ2) is 10.5. The first kappa shape index (κ1) is 23.6. The van der Waals surface area contributed by atoms with Crippen LogP contribution in [0.25, 0.3) is 11.1 Å². The minimum atomic E-state index is -0.808. The Morgan fingerprint density at radius 1 is 1.00 bits per heavy atom. The van der Waals surface area contributed by atoms with Gasteiger partial charge in [-0.05, 0) is 31.5 Å². The highest BCUT2D eigenvalue weighted by molar-refractivity contribution is 7.15. The molecule has 33 heavy (non-hydrogen) atoms. The molecule has 0 spiro atoms. The Morgan fingerprint density at radius 3 is 2.27 bits per heavy atom. The number of carbonyl (C=O) groups is 3. The fraction of sp³-hybridized carbons (Fsp3) is 0.174. The summed E-state index contributed by atoms with van der Waals surface area (Å²) in [5.41, 5.74) is 2.61. The van der Waals surface area contributed by atoms with Crippen molar-refractivity contribution < 1.29 is 28.8 Å². The SMILES string of the molecule is CCOC(=O)c1c(-c2ccc(C)cc2)csc1NC(=O)COC(=O)c1ccc([N+](=O)[O-])cc1. The van der Waals surface area contributed by atoms with Crippen LogP contribution in [-0.4, -0.2) is 36.0 Å². The van der Waals surface area contributed by atoms with E-state index in [0.29, 0.717) is 5.56 Å². The molecule has 0 bridgehead atoms. The summed E-state index contributed by atoms with van der Waals surface area (Å²) in [6.07, 6.45) is 0. The van der Waals surface area contributed by atoms with Crippen molar-refractivity contribution in [3.05, 3.63) is 80.7 Å². The number of esters is 2. The Kier molecular flexibility index (Phi) is 7.52. The third kappa shape index (κ3) is 5.80. The molecule has 0 atom stereocenters. The van der Waals surface area contributed by atoms with Gasteiger partial charge in [-0.2, -0.15) is 0 Å². The number of nitro groups is 1. The summed E-state index contributed by atoms with van der Waals surface area (Å²) in [4.78, 5) is 47.2. The number of amides is 1. The van der Waals surface area contributed by atoms with Crippen LogP contribution >= 0.6 is 11.3 Å². The topological polar surface area (TPSA) is 125 Å². The summed E-state index contributed by atoms with van der Waals surface area (Å²) in [5.74, 6) is -2.03. The summed E-state index contributed by atoms with van der Waals surface area (Å²) in [6.45, 7) is 3.21. The molecule has 0 fully saturated rings. The number of thiophene rings is 1. The highest BCUT2D eigenvalue weighted by atomic mass is 32.1. The number of carbonyl (C=O) groups excluding carboxylic acids is 3. The maximum Gasteiger partial charge on any atom is 0.341 e. The molecule has 1 aromatic heterocycles. The third-order valence-electron chi connectivity index (χ3n) is 4.53. The fourth-order valence-electron chi connectivity index (χ4n) is 2.90. The van der Waals surface area contributed by atoms with Crippen LogP contribution in [0.2, 0.25) is 0 Å². The first-order valence-electron chi connectivity index (χ1n) is 9.87. The number of nitro benzene ring substituents is 1. The molecule has 3 aromatic rings. The molecule has 1 heterocycles. The molecule has 0 unspecified atom stereocenters. The average molecular weight is 468 g/mol. The van der Waals surface area contributed by atoms with Gasteiger partial charge in [0.15, 0.2) is 6.61 Å². The number of benzene rings is 2. The van der Waals surface area contributed by atoms with E-state index in [9.17, 15) is 24.5 Å². The lowest BCUT2D eigenvalue weighted by atomic mass is 10.0. The van der Waals surface area contributed by atoms with Crippen molar-refractivity contribution >= 4 is 39.9 Å². The lowest BCUT2D eigenvalue weighted by Gasteiger charge is -2.09. The van der Waals surface area contributed by atoms with Gasteiger partial charge in [-0.25, -0.2) is 9.59 Å². The van der Waals surface area contributed by atoms with Crippen LogP contribution in [0.15, 0.2) is 53.9 Å². The minimum Gasteiger partial charge on any atom is -0.462 e. The molecular formula is C23H20N2O7S. The highest BCUT2D eigenvalue weighted by Crippen LogP contribution is 2.36. The molecule has 1 amide bonds. The number of anilines is 1. The quantitative estimate of drug-likeness (QED) is 0.291. The van der Waals surface area contributed by atoms with Crippen LogP contribution in [0.1, 0.15) is 33.2 Å². The molecular weight excluding hydrogens is 448 g/mol. The molecule has 0 aliphatic carbocycles. The van der Waals surface area contributed by atoms with E-state index in [1.165, 1.54) is 24.3 Å². The van der Waals surface area contributed by atoms with Crippen molar-refractivity contribution in [1.29, 1.82) is 0 Å². The number of nitrogens with one attached hydrogen (secondary N) is 1. The lowest BCUT2D eigenvalue weighted by Crippen LogP contribution is -2.21. The van der Waals surface area contributed by atoms with Gasteiger partial charge in [-0.15, -0.1) is 11.3 Å². The van der Waals surface area contributed by atoms with Crippen LogP contribution in [0.3, 0.4) is 0 Å². The molecule has 0 aliphatic heterocycles. The molecule has 3 rings (SSSR count). The summed E-state index contributed by atoms with van der Waals surface area (Å²) >= 11 is 1.16. The largest absolute Gasteiger partial charge is 0.462 e. The Bertz CT molecular complexity index is 1180. The van der Waals surface area contributed by atoms with Crippen LogP contribution in [0.4, 0.5) is 10.7 Å². The number of ether oxygens (including phenoxy) is 2. The first-order valence-corrected chi connectivity index (χ1v) is 10.7. The molecule has 9 nitrogen and oxygen atoms in total.